The maximum Gasteiger partial charge on any atom is 0.491 e. The molecule has 2 heterocycles. The van der Waals surface area contributed by atoms with Gasteiger partial charge in [-0.3, -0.25) is 4.79 Å². The zero-order chi connectivity index (χ0) is 14.8. The highest BCUT2D eigenvalue weighted by atomic mass is 32.1. The lowest BCUT2D eigenvalue weighted by atomic mass is 9.78. The Balaban J connectivity index is 1.68. The minimum atomic E-state index is -1.06. The largest absolute Gasteiger partial charge is 0.491 e. The van der Waals surface area contributed by atoms with Gasteiger partial charge in [0.15, 0.2) is 5.78 Å². The van der Waals surface area contributed by atoms with Crippen LogP contribution in [0.3, 0.4) is 0 Å². The van der Waals surface area contributed by atoms with Crippen LogP contribution in [0.1, 0.15) is 33.6 Å². The van der Waals surface area contributed by atoms with Crippen LogP contribution in [0.2, 0.25) is 0 Å². The number of rotatable bonds is 5. The average Bonchev–Trinajstić information content (AvgIpc) is 3.08. The van der Waals surface area contributed by atoms with Crippen molar-refractivity contribution in [3.05, 3.63) is 51.5 Å². The van der Waals surface area contributed by atoms with Gasteiger partial charge >= 0.3 is 7.12 Å². The van der Waals surface area contributed by atoms with Crippen LogP contribution in [-0.4, -0.2) is 17.9 Å². The van der Waals surface area contributed by atoms with E-state index < -0.39 is 12.9 Å². The SMILES string of the molecule is O=C(CCCc1cccs1)c1cc2c(cc1F)COB2O. The molecule has 0 saturated heterocycles. The summed E-state index contributed by atoms with van der Waals surface area (Å²) in [5.41, 5.74) is 1.15. The lowest BCUT2D eigenvalue weighted by Crippen LogP contribution is -2.29. The van der Waals surface area contributed by atoms with Crippen LogP contribution >= 0.6 is 11.3 Å². The molecule has 0 radical (unpaired) electrons. The summed E-state index contributed by atoms with van der Waals surface area (Å²) in [5.74, 6) is -0.765. The molecule has 0 amide bonds. The number of halogens is 1. The first-order valence-corrected chi connectivity index (χ1v) is 7.70. The maximum absolute atomic E-state index is 14.0. The molecule has 1 N–H and O–H groups in total. The number of hydrogen-bond acceptors (Lipinski definition) is 4. The normalized spacial score (nSPS) is 13.5. The molecule has 2 aromatic rings. The zero-order valence-corrected chi connectivity index (χ0v) is 12.2. The molecule has 1 aliphatic heterocycles. The molecule has 0 atom stereocenters. The van der Waals surface area contributed by atoms with Crippen molar-refractivity contribution in [2.45, 2.75) is 25.9 Å². The molecule has 0 unspecified atom stereocenters. The summed E-state index contributed by atoms with van der Waals surface area (Å²) in [7, 11) is -1.06. The summed E-state index contributed by atoms with van der Waals surface area (Å²) < 4.78 is 19.0. The first-order valence-electron chi connectivity index (χ1n) is 6.82. The van der Waals surface area contributed by atoms with E-state index in [4.69, 9.17) is 4.65 Å². The lowest BCUT2D eigenvalue weighted by Gasteiger charge is -2.06. The highest BCUT2D eigenvalue weighted by Crippen LogP contribution is 2.18. The van der Waals surface area contributed by atoms with Crippen molar-refractivity contribution < 1.29 is 18.9 Å². The Bertz CT molecular complexity index is 657. The molecule has 1 aromatic heterocycles. The topological polar surface area (TPSA) is 46.5 Å². The summed E-state index contributed by atoms with van der Waals surface area (Å²) in [4.78, 5) is 13.4. The van der Waals surface area contributed by atoms with Crippen molar-refractivity contribution in [3.63, 3.8) is 0 Å². The van der Waals surface area contributed by atoms with Gasteiger partial charge in [0.05, 0.1) is 12.2 Å². The van der Waals surface area contributed by atoms with Crippen molar-refractivity contribution in [1.82, 2.24) is 0 Å². The van der Waals surface area contributed by atoms with Crippen LogP contribution in [0.5, 0.6) is 0 Å². The molecule has 0 spiro atoms. The maximum atomic E-state index is 14.0. The van der Waals surface area contributed by atoms with Crippen LogP contribution in [0.15, 0.2) is 29.6 Å². The van der Waals surface area contributed by atoms with Gasteiger partial charge in [-0.05, 0) is 47.4 Å². The quantitative estimate of drug-likeness (QED) is 0.681. The van der Waals surface area contributed by atoms with Crippen molar-refractivity contribution in [3.8, 4) is 0 Å². The smallest absolute Gasteiger partial charge is 0.423 e. The average molecular weight is 304 g/mol. The van der Waals surface area contributed by atoms with E-state index in [0.717, 1.165) is 6.42 Å². The monoisotopic (exact) mass is 304 g/mol. The van der Waals surface area contributed by atoms with E-state index in [1.807, 2.05) is 17.5 Å². The van der Waals surface area contributed by atoms with Gasteiger partial charge < -0.3 is 9.68 Å². The van der Waals surface area contributed by atoms with Crippen LogP contribution in [0.25, 0.3) is 0 Å². The Kier molecular flexibility index (Phi) is 4.19. The van der Waals surface area contributed by atoms with Crippen LogP contribution in [0, 0.1) is 5.82 Å². The number of Topliss-reactive ketones (excluding diaryl/α,β-unsaturated/α-hetero) is 1. The Labute approximate surface area is 126 Å². The highest BCUT2D eigenvalue weighted by molar-refractivity contribution is 7.09. The van der Waals surface area contributed by atoms with Gasteiger partial charge in [-0.25, -0.2) is 4.39 Å². The molecule has 1 aromatic carbocycles. The number of hydrogen-bond donors (Lipinski definition) is 1. The standard InChI is InChI=1S/C15H14BFO3S/c17-14-7-10-9-20-16(19)13(10)8-12(14)15(18)5-1-3-11-4-2-6-21-11/h2,4,6-8,19H,1,3,5,9H2. The third-order valence-corrected chi connectivity index (χ3v) is 4.54. The van der Waals surface area contributed by atoms with E-state index in [1.54, 1.807) is 11.3 Å². The molecule has 0 aliphatic carbocycles. The molecule has 0 saturated carbocycles. The van der Waals surface area contributed by atoms with Crippen molar-refractivity contribution in [2.75, 3.05) is 0 Å². The Morgan fingerprint density at radius 3 is 3.10 bits per heavy atom. The Hall–Kier alpha value is -1.50. The van der Waals surface area contributed by atoms with Gasteiger partial charge in [-0.15, -0.1) is 11.3 Å². The first-order chi connectivity index (χ1) is 10.1. The summed E-state index contributed by atoms with van der Waals surface area (Å²) in [6.45, 7) is 0.181. The van der Waals surface area contributed by atoms with Gasteiger partial charge in [0.2, 0.25) is 0 Å². The molecule has 0 fully saturated rings. The summed E-state index contributed by atoms with van der Waals surface area (Å²) in [5, 5.41) is 11.6. The third kappa shape index (κ3) is 3.07. The van der Waals surface area contributed by atoms with Crippen LogP contribution in [0.4, 0.5) is 4.39 Å². The molecule has 1 aliphatic rings. The molecule has 21 heavy (non-hydrogen) atoms. The van der Waals surface area contributed by atoms with Crippen molar-refractivity contribution in [1.29, 1.82) is 0 Å². The minimum absolute atomic E-state index is 0.0458. The number of aryl methyl sites for hydroxylation is 1. The van der Waals surface area contributed by atoms with Crippen LogP contribution < -0.4 is 5.46 Å². The van der Waals surface area contributed by atoms with Gasteiger partial charge in [0.1, 0.15) is 5.82 Å². The highest BCUT2D eigenvalue weighted by Gasteiger charge is 2.29. The van der Waals surface area contributed by atoms with Gasteiger partial charge in [-0.2, -0.15) is 0 Å². The zero-order valence-electron chi connectivity index (χ0n) is 11.3. The van der Waals surface area contributed by atoms with Gasteiger partial charge in [0.25, 0.3) is 0 Å². The van der Waals surface area contributed by atoms with E-state index in [0.29, 0.717) is 23.9 Å². The van der Waals surface area contributed by atoms with E-state index >= 15 is 0 Å². The van der Waals surface area contributed by atoms with E-state index in [1.165, 1.54) is 17.0 Å². The summed E-state index contributed by atoms with van der Waals surface area (Å²) in [6, 6.07) is 6.72. The Morgan fingerprint density at radius 2 is 2.33 bits per heavy atom. The van der Waals surface area contributed by atoms with E-state index in [9.17, 15) is 14.2 Å². The number of fused-ring (bicyclic) bond motifs is 1. The van der Waals surface area contributed by atoms with Crippen molar-refractivity contribution >= 4 is 29.7 Å². The fourth-order valence-corrected chi connectivity index (χ4v) is 3.22. The molecule has 0 bridgehead atoms. The number of benzene rings is 1. The van der Waals surface area contributed by atoms with Crippen molar-refractivity contribution in [2.24, 2.45) is 0 Å². The lowest BCUT2D eigenvalue weighted by molar-refractivity contribution is 0.0976. The fourth-order valence-electron chi connectivity index (χ4n) is 2.47. The first kappa shape index (κ1) is 14.4. The van der Waals surface area contributed by atoms with E-state index in [-0.39, 0.29) is 18.0 Å². The Morgan fingerprint density at radius 1 is 1.48 bits per heavy atom. The summed E-state index contributed by atoms with van der Waals surface area (Å²) in [6.07, 6.45) is 1.81. The number of carbonyl (C=O) groups is 1. The molecule has 3 rings (SSSR count). The molecule has 3 nitrogen and oxygen atoms in total. The fraction of sp³-hybridized carbons (Fsp3) is 0.267. The van der Waals surface area contributed by atoms with Gasteiger partial charge in [0, 0.05) is 11.3 Å². The third-order valence-electron chi connectivity index (χ3n) is 3.60. The molecular formula is C15H14BFO3S. The molecular weight excluding hydrogens is 290 g/mol. The minimum Gasteiger partial charge on any atom is -0.423 e. The van der Waals surface area contributed by atoms with E-state index in [2.05, 4.69) is 0 Å². The second-order valence-corrected chi connectivity index (χ2v) is 6.08. The predicted molar refractivity (Wildman–Crippen MR) is 80.4 cm³/mol. The molecule has 108 valence electrons. The second kappa shape index (κ2) is 6.09. The predicted octanol–water partition coefficient (Wildman–Crippen LogP) is 2.31. The van der Waals surface area contributed by atoms with Crippen LogP contribution in [-0.2, 0) is 17.7 Å². The second-order valence-electron chi connectivity index (χ2n) is 5.05. The summed E-state index contributed by atoms with van der Waals surface area (Å²) >= 11 is 1.66. The number of carbonyl (C=O) groups excluding carboxylic acids is 1. The number of ketones is 1. The molecule has 6 heteroatoms. The number of thiophene rings is 1. The van der Waals surface area contributed by atoms with Gasteiger partial charge in [-0.1, -0.05) is 6.07 Å².